The fourth-order valence-corrected chi connectivity index (χ4v) is 3.14. The highest BCUT2D eigenvalue weighted by molar-refractivity contribution is 5.41. The van der Waals surface area contributed by atoms with Crippen molar-refractivity contribution in [1.29, 1.82) is 0 Å². The third-order valence-electron chi connectivity index (χ3n) is 5.50. The predicted octanol–water partition coefficient (Wildman–Crippen LogP) is 2.59. The highest BCUT2D eigenvalue weighted by Crippen LogP contribution is 2.58. The van der Waals surface area contributed by atoms with E-state index in [4.69, 9.17) is 23.7 Å². The summed E-state index contributed by atoms with van der Waals surface area (Å²) in [5, 5.41) is 18.6. The second-order valence-corrected chi connectivity index (χ2v) is 7.97. The van der Waals surface area contributed by atoms with E-state index in [1.165, 1.54) is 0 Å². The quantitative estimate of drug-likeness (QED) is 0.736. The Morgan fingerprint density at radius 2 is 1.07 bits per heavy atom. The van der Waals surface area contributed by atoms with Gasteiger partial charge in [-0.05, 0) is 35.4 Å². The molecule has 7 heteroatoms. The number of fused-ring (bicyclic) bond motifs is 2. The molecule has 4 aliphatic rings. The maximum absolute atomic E-state index is 9.30. The van der Waals surface area contributed by atoms with Crippen molar-refractivity contribution in [3.05, 3.63) is 59.7 Å². The molecule has 0 bridgehead atoms. The molecule has 0 aromatic heterocycles. The maximum Gasteiger partial charge on any atom is 0.249 e. The smallest absolute Gasteiger partial charge is 0.249 e. The SMILES string of the molecule is C(OCC12OC1O2)C12OC1O2.CC(C)(c1ccc(O)cc1)c1ccc(O)cc1. The third kappa shape index (κ3) is 3.25. The molecule has 7 nitrogen and oxygen atoms in total. The van der Waals surface area contributed by atoms with Gasteiger partial charge in [0, 0.05) is 5.41 Å². The van der Waals surface area contributed by atoms with Gasteiger partial charge in [-0.15, -0.1) is 0 Å². The molecular formula is C21H22O7. The van der Waals surface area contributed by atoms with Crippen LogP contribution in [0, 0.1) is 0 Å². The summed E-state index contributed by atoms with van der Waals surface area (Å²) in [6.45, 7) is 5.23. The minimum Gasteiger partial charge on any atom is -0.508 e. The fraction of sp³-hybridized carbons (Fsp3) is 0.429. The normalized spacial score (nSPS) is 33.1. The van der Waals surface area contributed by atoms with Crippen LogP contribution in [0.2, 0.25) is 0 Å². The van der Waals surface area contributed by atoms with E-state index < -0.39 is 0 Å². The number of benzene rings is 2. The van der Waals surface area contributed by atoms with Gasteiger partial charge in [-0.2, -0.15) is 0 Å². The van der Waals surface area contributed by atoms with E-state index in [1.54, 1.807) is 24.3 Å². The van der Waals surface area contributed by atoms with Gasteiger partial charge in [-0.3, -0.25) is 0 Å². The van der Waals surface area contributed by atoms with E-state index in [-0.39, 0.29) is 41.1 Å². The van der Waals surface area contributed by atoms with Gasteiger partial charge < -0.3 is 33.9 Å². The number of rotatable bonds is 6. The third-order valence-corrected chi connectivity index (χ3v) is 5.50. The van der Waals surface area contributed by atoms with Gasteiger partial charge in [0.25, 0.3) is 0 Å². The Balaban J connectivity index is 0.000000131. The van der Waals surface area contributed by atoms with E-state index in [0.717, 1.165) is 11.1 Å². The zero-order chi connectivity index (χ0) is 19.6. The summed E-state index contributed by atoms with van der Waals surface area (Å²) in [5.74, 6) is -0.156. The van der Waals surface area contributed by atoms with Gasteiger partial charge in [0.05, 0.1) is 0 Å². The molecular weight excluding hydrogens is 364 g/mol. The second-order valence-electron chi connectivity index (χ2n) is 7.97. The van der Waals surface area contributed by atoms with Crippen LogP contribution >= 0.6 is 0 Å². The number of aromatic hydroxyl groups is 2. The summed E-state index contributed by atoms with van der Waals surface area (Å²) in [6, 6.07) is 14.4. The summed E-state index contributed by atoms with van der Waals surface area (Å²) >= 11 is 0. The highest BCUT2D eigenvalue weighted by atomic mass is 17.0. The van der Waals surface area contributed by atoms with Crippen molar-refractivity contribution in [3.63, 3.8) is 0 Å². The Kier molecular flexibility index (Phi) is 3.78. The molecule has 0 radical (unpaired) electrons. The molecule has 2 aromatic rings. The van der Waals surface area contributed by atoms with Crippen LogP contribution in [0.5, 0.6) is 11.5 Å². The fourth-order valence-electron chi connectivity index (χ4n) is 3.14. The van der Waals surface area contributed by atoms with E-state index in [9.17, 15) is 10.2 Å². The standard InChI is InChI=1S/C15H16O2.C6H6O5/c1-15(2,11-3-7-13(16)8-4-11)12-5-9-14(17)10-6-12;1(5-3(8-5)9-5)7-2-6-4(10-6)11-6/h3-10,16-17H,1-2H3;3-4H,1-2H2. The molecule has 4 aliphatic heterocycles. The topological polar surface area (TPSA) is 99.8 Å². The van der Waals surface area contributed by atoms with Crippen LogP contribution < -0.4 is 0 Å². The lowest BCUT2D eigenvalue weighted by molar-refractivity contribution is -0.119. The van der Waals surface area contributed by atoms with Crippen LogP contribution in [0.15, 0.2) is 48.5 Å². The molecule has 0 aliphatic carbocycles. The highest BCUT2D eigenvalue weighted by Gasteiger charge is 2.80. The Labute approximate surface area is 162 Å². The Morgan fingerprint density at radius 1 is 0.750 bits per heavy atom. The van der Waals surface area contributed by atoms with E-state index in [2.05, 4.69) is 13.8 Å². The monoisotopic (exact) mass is 386 g/mol. The van der Waals surface area contributed by atoms with Crippen LogP contribution in [0.4, 0.5) is 0 Å². The molecule has 148 valence electrons. The van der Waals surface area contributed by atoms with Gasteiger partial charge in [-0.25, -0.2) is 0 Å². The first-order valence-corrected chi connectivity index (χ1v) is 9.21. The van der Waals surface area contributed by atoms with Crippen molar-refractivity contribution in [1.82, 2.24) is 0 Å². The number of epoxide rings is 4. The second kappa shape index (κ2) is 5.92. The summed E-state index contributed by atoms with van der Waals surface area (Å²) in [5.41, 5.74) is 2.10. The summed E-state index contributed by atoms with van der Waals surface area (Å²) in [4.78, 5) is 0. The van der Waals surface area contributed by atoms with Crippen LogP contribution in [0.3, 0.4) is 0 Å². The van der Waals surface area contributed by atoms with Crippen molar-refractivity contribution >= 4 is 0 Å². The van der Waals surface area contributed by atoms with Crippen molar-refractivity contribution < 1.29 is 33.9 Å². The molecule has 0 amide bonds. The first-order chi connectivity index (χ1) is 13.3. The van der Waals surface area contributed by atoms with Crippen molar-refractivity contribution in [2.75, 3.05) is 13.2 Å². The molecule has 4 fully saturated rings. The first-order valence-electron chi connectivity index (χ1n) is 9.21. The molecule has 0 unspecified atom stereocenters. The van der Waals surface area contributed by atoms with Gasteiger partial charge in [-0.1, -0.05) is 38.1 Å². The van der Waals surface area contributed by atoms with Crippen LogP contribution in [0.25, 0.3) is 0 Å². The summed E-state index contributed by atoms with van der Waals surface area (Å²) < 4.78 is 25.3. The molecule has 6 rings (SSSR count). The lowest BCUT2D eigenvalue weighted by Crippen LogP contribution is -2.18. The van der Waals surface area contributed by atoms with Crippen LogP contribution in [-0.2, 0) is 29.1 Å². The molecule has 0 atom stereocenters. The first kappa shape index (κ1) is 17.9. The average Bonchev–Trinajstić information content (AvgIpc) is 3.48. The zero-order valence-corrected chi connectivity index (χ0v) is 15.6. The molecule has 0 saturated carbocycles. The lowest BCUT2D eigenvalue weighted by atomic mass is 9.78. The van der Waals surface area contributed by atoms with Crippen LogP contribution in [0.1, 0.15) is 25.0 Å². The van der Waals surface area contributed by atoms with Crippen molar-refractivity contribution in [3.8, 4) is 11.5 Å². The maximum atomic E-state index is 9.30. The van der Waals surface area contributed by atoms with Gasteiger partial charge in [0.2, 0.25) is 24.2 Å². The summed E-state index contributed by atoms with van der Waals surface area (Å²) in [7, 11) is 0. The predicted molar refractivity (Wildman–Crippen MR) is 96.5 cm³/mol. The Morgan fingerprint density at radius 3 is 1.36 bits per heavy atom. The molecule has 2 aromatic carbocycles. The average molecular weight is 386 g/mol. The Hall–Kier alpha value is -2.16. The van der Waals surface area contributed by atoms with E-state index in [1.807, 2.05) is 24.3 Å². The van der Waals surface area contributed by atoms with Crippen molar-refractivity contribution in [2.45, 2.75) is 43.4 Å². The molecule has 4 saturated heterocycles. The molecule has 4 heterocycles. The summed E-state index contributed by atoms with van der Waals surface area (Å²) in [6.07, 6.45) is 0.0482. The van der Waals surface area contributed by atoms with E-state index in [0.29, 0.717) is 13.2 Å². The Bertz CT molecular complexity index is 791. The largest absolute Gasteiger partial charge is 0.508 e. The number of ether oxygens (including phenoxy) is 5. The minimum absolute atomic E-state index is 0.0241. The van der Waals surface area contributed by atoms with Gasteiger partial charge in [0.1, 0.15) is 24.7 Å². The van der Waals surface area contributed by atoms with Crippen LogP contribution in [-0.4, -0.2) is 47.6 Å². The van der Waals surface area contributed by atoms with Crippen molar-refractivity contribution in [2.24, 2.45) is 0 Å². The number of phenols is 2. The number of hydrogen-bond donors (Lipinski definition) is 2. The number of phenolic OH excluding ortho intramolecular Hbond substituents is 2. The van der Waals surface area contributed by atoms with E-state index >= 15 is 0 Å². The van der Waals surface area contributed by atoms with Gasteiger partial charge in [0.15, 0.2) is 0 Å². The lowest BCUT2D eigenvalue weighted by Gasteiger charge is -2.26. The molecule has 28 heavy (non-hydrogen) atoms. The molecule has 2 N–H and O–H groups in total. The van der Waals surface area contributed by atoms with Gasteiger partial charge >= 0.3 is 0 Å². The minimum atomic E-state index is -0.351. The molecule has 0 spiro atoms. The zero-order valence-electron chi connectivity index (χ0n) is 15.6. The number of hydrogen-bond acceptors (Lipinski definition) is 7.